The SMILES string of the molecule is C=CCCCCCCC/C(C)=C/C. The highest BCUT2D eigenvalue weighted by atomic mass is 14.0. The average molecular weight is 180 g/mol. The molecule has 0 saturated carbocycles. The zero-order chi connectivity index (χ0) is 9.94. The van der Waals surface area contributed by atoms with E-state index in [0.717, 1.165) is 0 Å². The molecule has 0 aliphatic heterocycles. The van der Waals surface area contributed by atoms with Gasteiger partial charge in [0.15, 0.2) is 0 Å². The number of hydrogen-bond acceptors (Lipinski definition) is 0. The fraction of sp³-hybridized carbons (Fsp3) is 0.692. The lowest BCUT2D eigenvalue weighted by molar-refractivity contribution is 0.616. The zero-order valence-corrected chi connectivity index (χ0v) is 9.31. The minimum atomic E-state index is 1.19. The molecule has 0 aromatic rings. The van der Waals surface area contributed by atoms with E-state index in [2.05, 4.69) is 26.5 Å². The Morgan fingerprint density at radius 1 is 1.08 bits per heavy atom. The molecule has 0 aliphatic carbocycles. The van der Waals surface area contributed by atoms with Gasteiger partial charge in [0.05, 0.1) is 0 Å². The molecular formula is C13H24. The van der Waals surface area contributed by atoms with Crippen LogP contribution in [0.5, 0.6) is 0 Å². The lowest BCUT2D eigenvalue weighted by atomic mass is 10.1. The summed E-state index contributed by atoms with van der Waals surface area (Å²) in [6, 6.07) is 0. The third-order valence-electron chi connectivity index (χ3n) is 2.47. The Balaban J connectivity index is 3.04. The summed E-state index contributed by atoms with van der Waals surface area (Å²) in [5, 5.41) is 0. The predicted octanol–water partition coefficient (Wildman–Crippen LogP) is 4.87. The van der Waals surface area contributed by atoms with Crippen molar-refractivity contribution in [1.82, 2.24) is 0 Å². The molecule has 76 valence electrons. The Kier molecular flexibility index (Phi) is 9.18. The highest BCUT2D eigenvalue weighted by molar-refractivity contribution is 4.94. The van der Waals surface area contributed by atoms with E-state index in [-0.39, 0.29) is 0 Å². The van der Waals surface area contributed by atoms with Gasteiger partial charge in [-0.05, 0) is 39.5 Å². The number of hydrogen-bond donors (Lipinski definition) is 0. The van der Waals surface area contributed by atoms with Crippen molar-refractivity contribution >= 4 is 0 Å². The van der Waals surface area contributed by atoms with E-state index in [0.29, 0.717) is 0 Å². The molecule has 0 fully saturated rings. The molecule has 0 radical (unpaired) electrons. The Bertz CT molecular complexity index is 142. The zero-order valence-electron chi connectivity index (χ0n) is 9.31. The van der Waals surface area contributed by atoms with Crippen LogP contribution in [0.15, 0.2) is 24.3 Å². The largest absolute Gasteiger partial charge is 0.103 e. The van der Waals surface area contributed by atoms with Gasteiger partial charge in [0.2, 0.25) is 0 Å². The van der Waals surface area contributed by atoms with Crippen molar-refractivity contribution in [2.24, 2.45) is 0 Å². The van der Waals surface area contributed by atoms with E-state index >= 15 is 0 Å². The number of allylic oxidation sites excluding steroid dienone is 3. The van der Waals surface area contributed by atoms with Crippen molar-refractivity contribution in [3.63, 3.8) is 0 Å². The van der Waals surface area contributed by atoms with Crippen LogP contribution in [0.3, 0.4) is 0 Å². The molecule has 0 aromatic carbocycles. The Morgan fingerprint density at radius 3 is 2.31 bits per heavy atom. The predicted molar refractivity (Wildman–Crippen MR) is 61.9 cm³/mol. The summed E-state index contributed by atoms with van der Waals surface area (Å²) < 4.78 is 0. The standard InChI is InChI=1S/C13H24/c1-4-6-7-8-9-10-11-12-13(3)5-2/h4-5H,1,6-12H2,2-3H3/b13-5+. The summed E-state index contributed by atoms with van der Waals surface area (Å²) in [6.07, 6.45) is 13.6. The normalized spacial score (nSPS) is 11.7. The first kappa shape index (κ1) is 12.5. The maximum absolute atomic E-state index is 3.72. The van der Waals surface area contributed by atoms with Crippen molar-refractivity contribution in [2.45, 2.75) is 58.8 Å². The van der Waals surface area contributed by atoms with E-state index in [9.17, 15) is 0 Å². The fourth-order valence-corrected chi connectivity index (χ4v) is 1.37. The number of rotatable bonds is 8. The molecule has 0 N–H and O–H groups in total. The van der Waals surface area contributed by atoms with E-state index in [1.54, 1.807) is 0 Å². The van der Waals surface area contributed by atoms with Crippen LogP contribution in [-0.4, -0.2) is 0 Å². The molecule has 13 heavy (non-hydrogen) atoms. The van der Waals surface area contributed by atoms with E-state index in [1.807, 2.05) is 6.08 Å². The lowest BCUT2D eigenvalue weighted by Gasteiger charge is -2.00. The molecule has 0 heteroatoms. The summed E-state index contributed by atoms with van der Waals surface area (Å²) in [5.74, 6) is 0. The van der Waals surface area contributed by atoms with Crippen molar-refractivity contribution in [2.75, 3.05) is 0 Å². The number of unbranched alkanes of at least 4 members (excludes halogenated alkanes) is 5. The highest BCUT2D eigenvalue weighted by Crippen LogP contribution is 2.11. The molecule has 0 saturated heterocycles. The topological polar surface area (TPSA) is 0 Å². The van der Waals surface area contributed by atoms with Crippen LogP contribution in [0, 0.1) is 0 Å². The Labute approximate surface area is 83.7 Å². The van der Waals surface area contributed by atoms with Crippen molar-refractivity contribution in [3.8, 4) is 0 Å². The van der Waals surface area contributed by atoms with Crippen LogP contribution < -0.4 is 0 Å². The van der Waals surface area contributed by atoms with Gasteiger partial charge in [-0.15, -0.1) is 6.58 Å². The summed E-state index contributed by atoms with van der Waals surface area (Å²) in [6.45, 7) is 8.07. The summed E-state index contributed by atoms with van der Waals surface area (Å²) >= 11 is 0. The molecule has 0 heterocycles. The first-order valence-corrected chi connectivity index (χ1v) is 5.54. The van der Waals surface area contributed by atoms with Gasteiger partial charge in [-0.1, -0.05) is 37.0 Å². The molecule has 0 atom stereocenters. The summed E-state index contributed by atoms with van der Waals surface area (Å²) in [4.78, 5) is 0. The molecule has 0 spiro atoms. The van der Waals surface area contributed by atoms with Crippen molar-refractivity contribution < 1.29 is 0 Å². The lowest BCUT2D eigenvalue weighted by Crippen LogP contribution is -1.80. The third-order valence-corrected chi connectivity index (χ3v) is 2.47. The van der Waals surface area contributed by atoms with Crippen LogP contribution in [0.4, 0.5) is 0 Å². The summed E-state index contributed by atoms with van der Waals surface area (Å²) in [5.41, 5.74) is 1.53. The van der Waals surface area contributed by atoms with Crippen LogP contribution in [0.25, 0.3) is 0 Å². The van der Waals surface area contributed by atoms with Gasteiger partial charge in [0.25, 0.3) is 0 Å². The quantitative estimate of drug-likeness (QED) is 0.369. The van der Waals surface area contributed by atoms with Gasteiger partial charge in [-0.2, -0.15) is 0 Å². The molecule has 0 aliphatic rings. The van der Waals surface area contributed by atoms with E-state index in [4.69, 9.17) is 0 Å². The first-order valence-electron chi connectivity index (χ1n) is 5.54. The van der Waals surface area contributed by atoms with Crippen molar-refractivity contribution in [1.29, 1.82) is 0 Å². The molecule has 0 bridgehead atoms. The van der Waals surface area contributed by atoms with Gasteiger partial charge in [0, 0.05) is 0 Å². The van der Waals surface area contributed by atoms with Gasteiger partial charge >= 0.3 is 0 Å². The molecule has 0 aromatic heterocycles. The minimum Gasteiger partial charge on any atom is -0.103 e. The van der Waals surface area contributed by atoms with Crippen molar-refractivity contribution in [3.05, 3.63) is 24.3 Å². The van der Waals surface area contributed by atoms with Gasteiger partial charge in [0.1, 0.15) is 0 Å². The van der Waals surface area contributed by atoms with Gasteiger partial charge < -0.3 is 0 Å². The highest BCUT2D eigenvalue weighted by Gasteiger charge is 1.91. The van der Waals surface area contributed by atoms with Crippen LogP contribution in [0.2, 0.25) is 0 Å². The molecule has 0 unspecified atom stereocenters. The Hall–Kier alpha value is -0.520. The van der Waals surface area contributed by atoms with Crippen LogP contribution in [-0.2, 0) is 0 Å². The maximum atomic E-state index is 3.72. The minimum absolute atomic E-state index is 1.19. The second-order valence-corrected chi connectivity index (χ2v) is 3.73. The van der Waals surface area contributed by atoms with Crippen LogP contribution in [0.1, 0.15) is 58.8 Å². The van der Waals surface area contributed by atoms with Gasteiger partial charge in [-0.25, -0.2) is 0 Å². The molecule has 0 nitrogen and oxygen atoms in total. The van der Waals surface area contributed by atoms with E-state index < -0.39 is 0 Å². The van der Waals surface area contributed by atoms with Gasteiger partial charge in [-0.3, -0.25) is 0 Å². The monoisotopic (exact) mass is 180 g/mol. The smallest absolute Gasteiger partial charge is 0.0323 e. The van der Waals surface area contributed by atoms with Crippen LogP contribution >= 0.6 is 0 Å². The second kappa shape index (κ2) is 9.57. The second-order valence-electron chi connectivity index (χ2n) is 3.73. The Morgan fingerprint density at radius 2 is 1.69 bits per heavy atom. The summed E-state index contributed by atoms with van der Waals surface area (Å²) in [7, 11) is 0. The average Bonchev–Trinajstić information content (AvgIpc) is 2.16. The maximum Gasteiger partial charge on any atom is -0.0323 e. The molecule has 0 rings (SSSR count). The first-order chi connectivity index (χ1) is 6.31. The fourth-order valence-electron chi connectivity index (χ4n) is 1.37. The van der Waals surface area contributed by atoms with E-state index in [1.165, 1.54) is 50.5 Å². The third kappa shape index (κ3) is 9.39. The molecule has 0 amide bonds. The molecular weight excluding hydrogens is 156 g/mol.